The zero-order chi connectivity index (χ0) is 9.98. The molecule has 2 nitrogen and oxygen atoms in total. The second-order valence-corrected chi connectivity index (χ2v) is 3.38. The summed E-state index contributed by atoms with van der Waals surface area (Å²) in [5.41, 5.74) is 0. The third kappa shape index (κ3) is 12.8. The highest BCUT2D eigenvalue weighted by atomic mass is 28.2. The van der Waals surface area contributed by atoms with Gasteiger partial charge in [0, 0.05) is 13.2 Å². The van der Waals surface area contributed by atoms with Crippen LogP contribution in [0.15, 0.2) is 0 Å². The van der Waals surface area contributed by atoms with Crippen LogP contribution in [0.2, 0.25) is 0 Å². The summed E-state index contributed by atoms with van der Waals surface area (Å²) in [6.45, 7) is 8.38. The van der Waals surface area contributed by atoms with Gasteiger partial charge < -0.3 is 9.16 Å². The Morgan fingerprint density at radius 3 is 1.50 bits per heavy atom. The van der Waals surface area contributed by atoms with Gasteiger partial charge in [-0.15, -0.1) is 0 Å². The van der Waals surface area contributed by atoms with E-state index in [9.17, 15) is 0 Å². The molecule has 2 unspecified atom stereocenters. The molecule has 0 N–H and O–H groups in total. The lowest BCUT2D eigenvalue weighted by Crippen LogP contribution is -2.01. The first-order valence-corrected chi connectivity index (χ1v) is 5.49. The summed E-state index contributed by atoms with van der Waals surface area (Å²) < 4.78 is 9.94. The first-order valence-electron chi connectivity index (χ1n) is 4.67. The zero-order valence-corrected chi connectivity index (χ0v) is 11.4. The Morgan fingerprint density at radius 1 is 1.08 bits per heavy atom. The van der Waals surface area contributed by atoms with Crippen molar-refractivity contribution < 1.29 is 9.16 Å². The molecular weight excluding hydrogens is 168 g/mol. The van der Waals surface area contributed by atoms with Gasteiger partial charge in [-0.2, -0.15) is 0 Å². The normalized spacial score (nSPS) is 14.8. The predicted molar refractivity (Wildman–Crippen MR) is 57.5 cm³/mol. The summed E-state index contributed by atoms with van der Waals surface area (Å²) in [7, 11) is 2.61. The van der Waals surface area contributed by atoms with Crippen molar-refractivity contribution in [1.82, 2.24) is 0 Å². The molecule has 0 fully saturated rings. The van der Waals surface area contributed by atoms with E-state index in [1.807, 2.05) is 0 Å². The van der Waals surface area contributed by atoms with E-state index >= 15 is 0 Å². The molecule has 0 aromatic carbocycles. The van der Waals surface area contributed by atoms with E-state index in [-0.39, 0.29) is 0 Å². The van der Waals surface area contributed by atoms with Gasteiger partial charge in [-0.25, -0.2) is 0 Å². The van der Waals surface area contributed by atoms with E-state index in [1.54, 1.807) is 7.11 Å². The third-order valence-corrected chi connectivity index (χ3v) is 2.76. The Labute approximate surface area is 80.2 Å². The van der Waals surface area contributed by atoms with E-state index in [0.29, 0.717) is 12.2 Å². The van der Waals surface area contributed by atoms with Crippen LogP contribution < -0.4 is 0 Å². The van der Waals surface area contributed by atoms with Crippen LogP contribution in [0, 0.1) is 0 Å². The molecule has 0 rings (SSSR count). The Bertz CT molecular complexity index is 60.9. The lowest BCUT2D eigenvalue weighted by Gasteiger charge is -2.02. The second kappa shape index (κ2) is 11.1. The van der Waals surface area contributed by atoms with Crippen molar-refractivity contribution in [2.45, 2.75) is 52.7 Å². The fraction of sp³-hybridized carbons (Fsp3) is 1.00. The van der Waals surface area contributed by atoms with Gasteiger partial charge in [0.15, 0.2) is 0 Å². The van der Waals surface area contributed by atoms with E-state index in [1.165, 1.54) is 0 Å². The molecule has 0 aliphatic carbocycles. The second-order valence-electron chi connectivity index (χ2n) is 2.91. The van der Waals surface area contributed by atoms with Gasteiger partial charge in [-0.05, 0) is 26.7 Å². The number of methoxy groups -OCH3 is 1. The molecule has 0 saturated carbocycles. The maximum absolute atomic E-state index is 5.04. The molecule has 0 aromatic heterocycles. The average Bonchev–Trinajstić information content (AvgIpc) is 2.16. The van der Waals surface area contributed by atoms with Crippen LogP contribution in [0.5, 0.6) is 0 Å². The fourth-order valence-corrected chi connectivity index (χ4v) is 0.667. The number of hydrogen-bond acceptors (Lipinski definition) is 2. The summed E-state index contributed by atoms with van der Waals surface area (Å²) in [4.78, 5) is 0. The van der Waals surface area contributed by atoms with Crippen LogP contribution in [0.25, 0.3) is 0 Å². The van der Waals surface area contributed by atoms with Crippen molar-refractivity contribution in [3.63, 3.8) is 0 Å². The van der Waals surface area contributed by atoms with Crippen molar-refractivity contribution in [3.05, 3.63) is 0 Å². The minimum absolute atomic E-state index is 0.435. The van der Waals surface area contributed by atoms with Gasteiger partial charge in [-0.1, -0.05) is 13.8 Å². The van der Waals surface area contributed by atoms with Crippen LogP contribution in [0.1, 0.15) is 40.5 Å². The third-order valence-electron chi connectivity index (χ3n) is 1.95. The van der Waals surface area contributed by atoms with Crippen molar-refractivity contribution in [1.29, 1.82) is 0 Å². The molecule has 0 aliphatic heterocycles. The Balaban J connectivity index is 0. The van der Waals surface area contributed by atoms with Crippen molar-refractivity contribution in [3.8, 4) is 0 Å². The van der Waals surface area contributed by atoms with E-state index < -0.39 is 0 Å². The Hall–Kier alpha value is 0.137. The lowest BCUT2D eigenvalue weighted by atomic mass is 10.3. The number of rotatable bonds is 4. The summed E-state index contributed by atoms with van der Waals surface area (Å²) in [5.74, 6) is 0. The van der Waals surface area contributed by atoms with Crippen LogP contribution in [-0.2, 0) is 9.16 Å². The molecule has 76 valence electrons. The highest BCUT2D eigenvalue weighted by molar-refractivity contribution is 5.98. The molecule has 0 aliphatic rings. The molecule has 0 spiro atoms. The maximum Gasteiger partial charge on any atom is 0.146 e. The molecule has 3 heteroatoms. The quantitative estimate of drug-likeness (QED) is 0.629. The summed E-state index contributed by atoms with van der Waals surface area (Å²) in [6.07, 6.45) is 3.18. The predicted octanol–water partition coefficient (Wildman–Crippen LogP) is 1.51. The van der Waals surface area contributed by atoms with Gasteiger partial charge >= 0.3 is 0 Å². The molecule has 12 heavy (non-hydrogen) atoms. The van der Waals surface area contributed by atoms with Gasteiger partial charge in [0.1, 0.15) is 10.5 Å². The van der Waals surface area contributed by atoms with Crippen molar-refractivity contribution in [2.75, 3.05) is 7.11 Å². The molecule has 0 heterocycles. The fourth-order valence-electron chi connectivity index (χ4n) is 0.333. The van der Waals surface area contributed by atoms with Gasteiger partial charge in [0.25, 0.3) is 0 Å². The number of ether oxygens (including phenoxy) is 1. The molecule has 2 atom stereocenters. The molecule has 0 aromatic rings. The molecule has 0 bridgehead atoms. The smallest absolute Gasteiger partial charge is 0.146 e. The standard InChI is InChI=1S/C5H12O.C4H12OSi/c1-4-5(2)6-3;1-3-4(2)5-6/h5H,4H2,1-3H3;4H,3H2,1-2,6H3. The van der Waals surface area contributed by atoms with Gasteiger partial charge in [0.2, 0.25) is 0 Å². The van der Waals surface area contributed by atoms with Crippen LogP contribution in [-0.4, -0.2) is 29.8 Å². The molecule has 0 amide bonds. The molecule has 0 saturated heterocycles. The summed E-state index contributed by atoms with van der Waals surface area (Å²) in [5, 5.41) is 0. The Morgan fingerprint density at radius 2 is 1.50 bits per heavy atom. The minimum Gasteiger partial charge on any atom is -0.425 e. The van der Waals surface area contributed by atoms with Crippen molar-refractivity contribution in [2.24, 2.45) is 0 Å². The van der Waals surface area contributed by atoms with Crippen LogP contribution in [0.4, 0.5) is 0 Å². The SMILES string of the molecule is CCC(C)OC.CCC(C)O[SiH3]. The minimum atomic E-state index is 0.435. The Kier molecular flexibility index (Phi) is 13.6. The monoisotopic (exact) mass is 192 g/mol. The highest BCUT2D eigenvalue weighted by Crippen LogP contribution is 1.90. The van der Waals surface area contributed by atoms with E-state index in [4.69, 9.17) is 9.16 Å². The lowest BCUT2D eigenvalue weighted by molar-refractivity contribution is 0.115. The zero-order valence-electron chi connectivity index (χ0n) is 9.39. The highest BCUT2D eigenvalue weighted by Gasteiger charge is 1.88. The number of hydrogen-bond donors (Lipinski definition) is 0. The van der Waals surface area contributed by atoms with Crippen LogP contribution in [0.3, 0.4) is 0 Å². The first kappa shape index (κ1) is 14.6. The maximum atomic E-state index is 5.04. The molecule has 0 radical (unpaired) electrons. The van der Waals surface area contributed by atoms with Gasteiger partial charge in [0.05, 0.1) is 6.10 Å². The van der Waals surface area contributed by atoms with E-state index in [2.05, 4.69) is 27.7 Å². The largest absolute Gasteiger partial charge is 0.425 e. The van der Waals surface area contributed by atoms with Crippen molar-refractivity contribution >= 4 is 10.5 Å². The topological polar surface area (TPSA) is 18.5 Å². The summed E-state index contributed by atoms with van der Waals surface area (Å²) in [6, 6.07) is 0. The first-order chi connectivity index (χ1) is 5.62. The van der Waals surface area contributed by atoms with E-state index in [0.717, 1.165) is 23.3 Å². The van der Waals surface area contributed by atoms with Crippen LogP contribution >= 0.6 is 0 Å². The average molecular weight is 192 g/mol. The molecular formula is C9H24O2Si. The van der Waals surface area contributed by atoms with Gasteiger partial charge in [-0.3, -0.25) is 0 Å². The summed E-state index contributed by atoms with van der Waals surface area (Å²) >= 11 is 0.